The molecule has 0 aliphatic rings. The van der Waals surface area contributed by atoms with E-state index < -0.39 is 0 Å². The van der Waals surface area contributed by atoms with Crippen LogP contribution in [0.2, 0.25) is 0 Å². The van der Waals surface area contributed by atoms with Crippen LogP contribution in [0.15, 0.2) is 42.6 Å². The maximum absolute atomic E-state index is 11.8. The summed E-state index contributed by atoms with van der Waals surface area (Å²) in [6.45, 7) is 5.64. The van der Waals surface area contributed by atoms with E-state index in [9.17, 15) is 4.79 Å². The van der Waals surface area contributed by atoms with Crippen molar-refractivity contribution in [1.29, 1.82) is 0 Å². The van der Waals surface area contributed by atoms with E-state index in [1.807, 2.05) is 50.2 Å². The normalized spacial score (nSPS) is 10.1. The van der Waals surface area contributed by atoms with Crippen LogP contribution in [0, 0.1) is 6.92 Å². The lowest BCUT2D eigenvalue weighted by Crippen LogP contribution is -2.37. The van der Waals surface area contributed by atoms with E-state index in [1.165, 1.54) is 5.56 Å². The number of aromatic nitrogens is 1. The number of rotatable bonds is 8. The number of nitrogens with one attached hydrogen (secondary N) is 2. The zero-order chi connectivity index (χ0) is 17.2. The molecule has 2 aromatic rings. The van der Waals surface area contributed by atoms with E-state index in [4.69, 9.17) is 9.47 Å². The number of carbonyl (C=O) groups excluding carboxylic acids is 1. The molecule has 0 atom stereocenters. The highest BCUT2D eigenvalue weighted by Crippen LogP contribution is 2.13. The van der Waals surface area contributed by atoms with Crippen molar-refractivity contribution in [1.82, 2.24) is 15.6 Å². The second-order valence-electron chi connectivity index (χ2n) is 5.17. The van der Waals surface area contributed by atoms with Crippen LogP contribution in [-0.2, 0) is 6.54 Å². The Morgan fingerprint density at radius 3 is 2.67 bits per heavy atom. The first-order valence-electron chi connectivity index (χ1n) is 7.97. The SMILES string of the molecule is CCOc1ncccc1CNC(=O)NCCOc1ccc(C)cc1. The molecule has 0 bridgehead atoms. The molecule has 0 saturated carbocycles. The van der Waals surface area contributed by atoms with E-state index in [0.717, 1.165) is 11.3 Å². The third-order valence-corrected chi connectivity index (χ3v) is 3.25. The van der Waals surface area contributed by atoms with E-state index in [-0.39, 0.29) is 6.03 Å². The van der Waals surface area contributed by atoms with E-state index in [2.05, 4.69) is 15.6 Å². The lowest BCUT2D eigenvalue weighted by Gasteiger charge is -2.11. The summed E-state index contributed by atoms with van der Waals surface area (Å²) in [5.41, 5.74) is 2.02. The van der Waals surface area contributed by atoms with Gasteiger partial charge in [-0.25, -0.2) is 9.78 Å². The molecule has 1 aromatic heterocycles. The number of benzene rings is 1. The minimum absolute atomic E-state index is 0.256. The number of ether oxygens (including phenoxy) is 2. The maximum Gasteiger partial charge on any atom is 0.315 e. The highest BCUT2D eigenvalue weighted by atomic mass is 16.5. The van der Waals surface area contributed by atoms with Gasteiger partial charge in [0.05, 0.1) is 13.2 Å². The summed E-state index contributed by atoms with van der Waals surface area (Å²) in [5, 5.41) is 5.53. The number of aryl methyl sites for hydroxylation is 1. The van der Waals surface area contributed by atoms with Crippen molar-refractivity contribution in [3.05, 3.63) is 53.7 Å². The highest BCUT2D eigenvalue weighted by Gasteiger charge is 2.06. The monoisotopic (exact) mass is 329 g/mol. The van der Waals surface area contributed by atoms with E-state index >= 15 is 0 Å². The predicted molar refractivity (Wildman–Crippen MR) is 92.3 cm³/mol. The molecule has 128 valence electrons. The summed E-state index contributed by atoms with van der Waals surface area (Å²) in [7, 11) is 0. The van der Waals surface area contributed by atoms with Crippen LogP contribution in [0.25, 0.3) is 0 Å². The van der Waals surface area contributed by atoms with Gasteiger partial charge in [-0.15, -0.1) is 0 Å². The molecule has 2 rings (SSSR count). The first-order valence-corrected chi connectivity index (χ1v) is 7.97. The zero-order valence-electron chi connectivity index (χ0n) is 14.0. The maximum atomic E-state index is 11.8. The summed E-state index contributed by atoms with van der Waals surface area (Å²) in [5.74, 6) is 1.34. The minimum atomic E-state index is -0.256. The Morgan fingerprint density at radius 2 is 1.92 bits per heavy atom. The molecule has 2 N–H and O–H groups in total. The van der Waals surface area contributed by atoms with Crippen molar-refractivity contribution in [3.8, 4) is 11.6 Å². The number of amides is 2. The molecule has 0 fully saturated rings. The molecule has 0 aliphatic heterocycles. The first-order chi connectivity index (χ1) is 11.7. The predicted octanol–water partition coefficient (Wildman–Crippen LogP) is 2.67. The van der Waals surface area contributed by atoms with Gasteiger partial charge < -0.3 is 20.1 Å². The molecule has 0 spiro atoms. The average molecular weight is 329 g/mol. The average Bonchev–Trinajstić information content (AvgIpc) is 2.60. The molecular formula is C18H23N3O3. The van der Waals surface area contributed by atoms with Crippen molar-refractivity contribution in [3.63, 3.8) is 0 Å². The van der Waals surface area contributed by atoms with Crippen molar-refractivity contribution < 1.29 is 14.3 Å². The van der Waals surface area contributed by atoms with E-state index in [1.54, 1.807) is 6.20 Å². The Morgan fingerprint density at radius 1 is 1.12 bits per heavy atom. The molecule has 6 heteroatoms. The standard InChI is InChI=1S/C18H23N3O3/c1-3-23-17-15(5-4-10-19-17)13-21-18(22)20-11-12-24-16-8-6-14(2)7-9-16/h4-10H,3,11-13H2,1-2H3,(H2,20,21,22). The smallest absolute Gasteiger partial charge is 0.315 e. The van der Waals surface area contributed by atoms with Crippen LogP contribution in [0.5, 0.6) is 11.6 Å². The Labute approximate surface area is 142 Å². The fourth-order valence-corrected chi connectivity index (χ4v) is 2.03. The van der Waals surface area contributed by atoms with Gasteiger partial charge in [0.2, 0.25) is 5.88 Å². The number of carbonyl (C=O) groups is 1. The van der Waals surface area contributed by atoms with Gasteiger partial charge >= 0.3 is 6.03 Å². The number of nitrogens with zero attached hydrogens (tertiary/aromatic N) is 1. The molecule has 0 radical (unpaired) electrons. The fourth-order valence-electron chi connectivity index (χ4n) is 2.03. The molecule has 24 heavy (non-hydrogen) atoms. The third kappa shape index (κ3) is 5.79. The van der Waals surface area contributed by atoms with Crippen LogP contribution in [0.4, 0.5) is 4.79 Å². The number of urea groups is 1. The molecule has 6 nitrogen and oxygen atoms in total. The molecule has 0 saturated heterocycles. The second-order valence-corrected chi connectivity index (χ2v) is 5.17. The summed E-state index contributed by atoms with van der Waals surface area (Å²) in [6, 6.07) is 11.2. The number of hydrogen-bond acceptors (Lipinski definition) is 4. The van der Waals surface area contributed by atoms with Crippen LogP contribution in [-0.4, -0.2) is 30.8 Å². The van der Waals surface area contributed by atoms with Gasteiger partial charge in [-0.3, -0.25) is 0 Å². The van der Waals surface area contributed by atoms with Gasteiger partial charge in [-0.1, -0.05) is 23.8 Å². The molecule has 2 amide bonds. The Kier molecular flexibility index (Phi) is 6.89. The summed E-state index contributed by atoms with van der Waals surface area (Å²) >= 11 is 0. The van der Waals surface area contributed by atoms with Gasteiger partial charge in [0, 0.05) is 18.3 Å². The summed E-state index contributed by atoms with van der Waals surface area (Å²) in [6.07, 6.45) is 1.66. The van der Waals surface area contributed by atoms with Crippen molar-refractivity contribution >= 4 is 6.03 Å². The van der Waals surface area contributed by atoms with E-state index in [0.29, 0.717) is 32.2 Å². The van der Waals surface area contributed by atoms with Gasteiger partial charge in [-0.05, 0) is 32.0 Å². The summed E-state index contributed by atoms with van der Waals surface area (Å²) < 4.78 is 11.0. The highest BCUT2D eigenvalue weighted by molar-refractivity contribution is 5.73. The number of hydrogen-bond donors (Lipinski definition) is 2. The van der Waals surface area contributed by atoms with Gasteiger partial charge in [0.1, 0.15) is 12.4 Å². The first kappa shape index (κ1) is 17.6. The van der Waals surface area contributed by atoms with Crippen LogP contribution < -0.4 is 20.1 Å². The van der Waals surface area contributed by atoms with Crippen LogP contribution in [0.1, 0.15) is 18.1 Å². The lowest BCUT2D eigenvalue weighted by atomic mass is 10.2. The molecule has 1 aromatic carbocycles. The summed E-state index contributed by atoms with van der Waals surface area (Å²) in [4.78, 5) is 16.0. The van der Waals surface area contributed by atoms with Crippen LogP contribution in [0.3, 0.4) is 0 Å². The third-order valence-electron chi connectivity index (χ3n) is 3.25. The van der Waals surface area contributed by atoms with Crippen molar-refractivity contribution in [2.45, 2.75) is 20.4 Å². The largest absolute Gasteiger partial charge is 0.492 e. The Bertz CT molecular complexity index is 644. The molecule has 0 unspecified atom stereocenters. The topological polar surface area (TPSA) is 72.5 Å². The molecular weight excluding hydrogens is 306 g/mol. The van der Waals surface area contributed by atoms with Gasteiger partial charge in [-0.2, -0.15) is 0 Å². The van der Waals surface area contributed by atoms with Crippen molar-refractivity contribution in [2.24, 2.45) is 0 Å². The Balaban J connectivity index is 1.67. The molecule has 0 aliphatic carbocycles. The second kappa shape index (κ2) is 9.39. The minimum Gasteiger partial charge on any atom is -0.492 e. The zero-order valence-corrected chi connectivity index (χ0v) is 14.0. The van der Waals surface area contributed by atoms with Crippen molar-refractivity contribution in [2.75, 3.05) is 19.8 Å². The lowest BCUT2D eigenvalue weighted by molar-refractivity contribution is 0.236. The van der Waals surface area contributed by atoms with Gasteiger partial charge in [0.25, 0.3) is 0 Å². The quantitative estimate of drug-likeness (QED) is 0.730. The Hall–Kier alpha value is -2.76. The van der Waals surface area contributed by atoms with Gasteiger partial charge in [0.15, 0.2) is 0 Å². The fraction of sp³-hybridized carbons (Fsp3) is 0.333. The van der Waals surface area contributed by atoms with Crippen LogP contribution >= 0.6 is 0 Å². The molecule has 1 heterocycles. The number of pyridine rings is 1.